The van der Waals surface area contributed by atoms with Gasteiger partial charge in [0.05, 0.1) is 5.75 Å². The third kappa shape index (κ3) is 4.71. The lowest BCUT2D eigenvalue weighted by Gasteiger charge is -2.23. The SMILES string of the molecule is CCC(C)N(C)CCn1c(N)nnc1SCC(=O)O. The van der Waals surface area contributed by atoms with Gasteiger partial charge in [0.2, 0.25) is 5.95 Å². The van der Waals surface area contributed by atoms with Gasteiger partial charge in [-0.1, -0.05) is 18.7 Å². The smallest absolute Gasteiger partial charge is 0.313 e. The molecule has 1 rings (SSSR count). The number of likely N-dealkylation sites (N-methyl/N-ethyl adjacent to an activating group) is 1. The highest BCUT2D eigenvalue weighted by molar-refractivity contribution is 7.99. The van der Waals surface area contributed by atoms with E-state index >= 15 is 0 Å². The number of hydrogen-bond donors (Lipinski definition) is 2. The molecule has 108 valence electrons. The van der Waals surface area contributed by atoms with E-state index in [-0.39, 0.29) is 5.75 Å². The van der Waals surface area contributed by atoms with E-state index in [0.717, 1.165) is 24.7 Å². The molecule has 0 radical (unpaired) electrons. The predicted octanol–water partition coefficient (Wildman–Crippen LogP) is 0.767. The van der Waals surface area contributed by atoms with Crippen LogP contribution in [0.3, 0.4) is 0 Å². The van der Waals surface area contributed by atoms with Crippen LogP contribution in [0.25, 0.3) is 0 Å². The number of nitrogen functional groups attached to an aromatic ring is 1. The Labute approximate surface area is 117 Å². The van der Waals surface area contributed by atoms with Crippen LogP contribution in [-0.2, 0) is 11.3 Å². The second kappa shape index (κ2) is 7.34. The second-order valence-electron chi connectivity index (χ2n) is 4.41. The number of rotatable bonds is 8. The zero-order valence-corrected chi connectivity index (χ0v) is 12.4. The fourth-order valence-corrected chi connectivity index (χ4v) is 2.22. The fourth-order valence-electron chi connectivity index (χ4n) is 1.53. The average molecular weight is 287 g/mol. The number of hydrogen-bond acceptors (Lipinski definition) is 6. The van der Waals surface area contributed by atoms with Crippen molar-refractivity contribution in [3.8, 4) is 0 Å². The first-order valence-corrected chi connectivity index (χ1v) is 7.17. The van der Waals surface area contributed by atoms with Crippen LogP contribution < -0.4 is 5.73 Å². The Balaban J connectivity index is 2.61. The first-order valence-electron chi connectivity index (χ1n) is 6.19. The van der Waals surface area contributed by atoms with Crippen molar-refractivity contribution < 1.29 is 9.90 Å². The maximum absolute atomic E-state index is 10.6. The molecular weight excluding hydrogens is 266 g/mol. The largest absolute Gasteiger partial charge is 0.481 e. The van der Waals surface area contributed by atoms with Crippen molar-refractivity contribution >= 4 is 23.7 Å². The number of nitrogens with two attached hydrogens (primary N) is 1. The number of carboxylic acids is 1. The monoisotopic (exact) mass is 287 g/mol. The number of aromatic nitrogens is 3. The molecular formula is C11H21N5O2S. The Hall–Kier alpha value is -1.28. The Morgan fingerprint density at radius 3 is 2.84 bits per heavy atom. The van der Waals surface area contributed by atoms with Crippen LogP contribution in [0, 0.1) is 0 Å². The van der Waals surface area contributed by atoms with Gasteiger partial charge in [0, 0.05) is 19.1 Å². The van der Waals surface area contributed by atoms with Crippen molar-refractivity contribution in [3.63, 3.8) is 0 Å². The second-order valence-corrected chi connectivity index (χ2v) is 5.36. The highest BCUT2D eigenvalue weighted by Gasteiger charge is 2.13. The third-order valence-corrected chi connectivity index (χ3v) is 4.04. The van der Waals surface area contributed by atoms with Gasteiger partial charge in [-0.3, -0.25) is 9.36 Å². The summed E-state index contributed by atoms with van der Waals surface area (Å²) >= 11 is 1.13. The van der Waals surface area contributed by atoms with Crippen LogP contribution in [0.4, 0.5) is 5.95 Å². The van der Waals surface area contributed by atoms with E-state index < -0.39 is 5.97 Å². The van der Waals surface area contributed by atoms with E-state index in [9.17, 15) is 4.79 Å². The van der Waals surface area contributed by atoms with Gasteiger partial charge in [-0.25, -0.2) is 0 Å². The van der Waals surface area contributed by atoms with Crippen molar-refractivity contribution in [3.05, 3.63) is 0 Å². The van der Waals surface area contributed by atoms with Crippen LogP contribution in [0.2, 0.25) is 0 Å². The molecule has 19 heavy (non-hydrogen) atoms. The molecule has 0 fully saturated rings. The summed E-state index contributed by atoms with van der Waals surface area (Å²) in [6.07, 6.45) is 1.08. The van der Waals surface area contributed by atoms with E-state index in [4.69, 9.17) is 10.8 Å². The number of nitrogens with zero attached hydrogens (tertiary/aromatic N) is 4. The molecule has 1 unspecified atom stereocenters. The van der Waals surface area contributed by atoms with E-state index in [0.29, 0.717) is 23.7 Å². The van der Waals surface area contributed by atoms with Gasteiger partial charge in [-0.2, -0.15) is 0 Å². The summed E-state index contributed by atoms with van der Waals surface area (Å²) in [7, 11) is 2.05. The normalized spacial score (nSPS) is 12.8. The molecule has 0 amide bonds. The molecule has 1 heterocycles. The molecule has 0 aliphatic rings. The van der Waals surface area contributed by atoms with Crippen molar-refractivity contribution in [1.29, 1.82) is 0 Å². The summed E-state index contributed by atoms with van der Waals surface area (Å²) < 4.78 is 1.76. The Bertz CT molecular complexity index is 423. The standard InChI is InChI=1S/C11H21N5O2S/c1-4-8(2)15(3)5-6-16-10(12)13-14-11(16)19-7-9(17)18/h8H,4-7H2,1-3H3,(H2,12,13)(H,17,18). The Morgan fingerprint density at radius 1 is 1.58 bits per heavy atom. The first kappa shape index (κ1) is 15.8. The maximum atomic E-state index is 10.6. The zero-order valence-electron chi connectivity index (χ0n) is 11.5. The number of carboxylic acid groups (broad SMARTS) is 1. The van der Waals surface area contributed by atoms with Crippen LogP contribution in [-0.4, -0.2) is 56.1 Å². The lowest BCUT2D eigenvalue weighted by atomic mass is 10.2. The lowest BCUT2D eigenvalue weighted by molar-refractivity contribution is -0.133. The molecule has 0 aliphatic heterocycles. The number of carbonyl (C=O) groups is 1. The average Bonchev–Trinajstić information content (AvgIpc) is 2.73. The van der Waals surface area contributed by atoms with Gasteiger partial charge in [-0.15, -0.1) is 10.2 Å². The summed E-state index contributed by atoms with van der Waals surface area (Å²) in [5, 5.41) is 16.9. The topological polar surface area (TPSA) is 97.3 Å². The molecule has 0 bridgehead atoms. The zero-order chi connectivity index (χ0) is 14.4. The molecule has 0 saturated heterocycles. The molecule has 1 aromatic heterocycles. The third-order valence-electron chi connectivity index (χ3n) is 3.09. The number of aliphatic carboxylic acids is 1. The molecule has 1 atom stereocenters. The van der Waals surface area contributed by atoms with E-state index in [1.54, 1.807) is 4.57 Å². The quantitative estimate of drug-likeness (QED) is 0.681. The van der Waals surface area contributed by atoms with E-state index in [2.05, 4.69) is 36.0 Å². The Kier molecular flexibility index (Phi) is 6.10. The minimum atomic E-state index is -0.880. The van der Waals surface area contributed by atoms with Crippen LogP contribution >= 0.6 is 11.8 Å². The fraction of sp³-hybridized carbons (Fsp3) is 0.727. The van der Waals surface area contributed by atoms with Gasteiger partial charge >= 0.3 is 5.97 Å². The maximum Gasteiger partial charge on any atom is 0.313 e. The molecule has 8 heteroatoms. The predicted molar refractivity (Wildman–Crippen MR) is 75.2 cm³/mol. The summed E-state index contributed by atoms with van der Waals surface area (Å²) in [4.78, 5) is 12.8. The lowest BCUT2D eigenvalue weighted by Crippen LogP contribution is -2.31. The van der Waals surface area contributed by atoms with Gasteiger partial charge in [0.1, 0.15) is 0 Å². The summed E-state index contributed by atoms with van der Waals surface area (Å²) in [6, 6.07) is 0.493. The van der Waals surface area contributed by atoms with Gasteiger partial charge in [0.25, 0.3) is 0 Å². The molecule has 0 aromatic carbocycles. The van der Waals surface area contributed by atoms with Gasteiger partial charge < -0.3 is 15.7 Å². The minimum absolute atomic E-state index is 0.0423. The minimum Gasteiger partial charge on any atom is -0.481 e. The highest BCUT2D eigenvalue weighted by Crippen LogP contribution is 2.17. The summed E-state index contributed by atoms with van der Waals surface area (Å²) in [6.45, 7) is 5.78. The Morgan fingerprint density at radius 2 is 2.26 bits per heavy atom. The first-order chi connectivity index (χ1) is 8.95. The summed E-state index contributed by atoms with van der Waals surface area (Å²) in [5.74, 6) is -0.598. The molecule has 1 aromatic rings. The summed E-state index contributed by atoms with van der Waals surface area (Å²) in [5.41, 5.74) is 5.75. The number of anilines is 1. The van der Waals surface area contributed by atoms with Crippen molar-refractivity contribution in [1.82, 2.24) is 19.7 Å². The highest BCUT2D eigenvalue weighted by atomic mass is 32.2. The molecule has 0 spiro atoms. The number of thioether (sulfide) groups is 1. The van der Waals surface area contributed by atoms with Crippen molar-refractivity contribution in [2.45, 2.75) is 38.0 Å². The van der Waals surface area contributed by atoms with Crippen LogP contribution in [0.15, 0.2) is 5.16 Å². The molecule has 0 saturated carbocycles. The van der Waals surface area contributed by atoms with Crippen LogP contribution in [0.5, 0.6) is 0 Å². The van der Waals surface area contributed by atoms with E-state index in [1.807, 2.05) is 0 Å². The van der Waals surface area contributed by atoms with E-state index in [1.165, 1.54) is 0 Å². The van der Waals surface area contributed by atoms with Gasteiger partial charge in [-0.05, 0) is 20.4 Å². The molecule has 3 N–H and O–H groups in total. The van der Waals surface area contributed by atoms with Crippen molar-refractivity contribution in [2.24, 2.45) is 0 Å². The van der Waals surface area contributed by atoms with Gasteiger partial charge in [0.15, 0.2) is 5.16 Å². The van der Waals surface area contributed by atoms with Crippen LogP contribution in [0.1, 0.15) is 20.3 Å². The molecule has 0 aliphatic carbocycles. The van der Waals surface area contributed by atoms with Crippen molar-refractivity contribution in [2.75, 3.05) is 25.1 Å². The molecule has 7 nitrogen and oxygen atoms in total.